The van der Waals surface area contributed by atoms with Gasteiger partial charge in [0.25, 0.3) is 5.69 Å². The highest BCUT2D eigenvalue weighted by Crippen LogP contribution is 2.22. The lowest BCUT2D eigenvalue weighted by molar-refractivity contribution is -0.384. The summed E-state index contributed by atoms with van der Waals surface area (Å²) >= 11 is 0. The molecule has 1 aromatic rings. The zero-order valence-corrected chi connectivity index (χ0v) is 9.84. The van der Waals surface area contributed by atoms with Crippen LogP contribution in [0.25, 0.3) is 0 Å². The second-order valence-corrected chi connectivity index (χ2v) is 3.74. The van der Waals surface area contributed by atoms with Crippen molar-refractivity contribution >= 4 is 17.3 Å². The first-order valence-corrected chi connectivity index (χ1v) is 5.20. The van der Waals surface area contributed by atoms with Gasteiger partial charge in [-0.1, -0.05) is 12.1 Å². The Balaban J connectivity index is 2.58. The predicted molar refractivity (Wildman–Crippen MR) is 64.9 cm³/mol. The van der Waals surface area contributed by atoms with Crippen LogP contribution in [-0.4, -0.2) is 36.4 Å². The van der Waals surface area contributed by atoms with Gasteiger partial charge in [-0.3, -0.25) is 14.9 Å². The van der Waals surface area contributed by atoms with Gasteiger partial charge < -0.3 is 10.2 Å². The molecule has 92 valence electrons. The summed E-state index contributed by atoms with van der Waals surface area (Å²) in [6.07, 6.45) is 0.305. The largest absolute Gasteiger partial charge is 0.379 e. The van der Waals surface area contributed by atoms with Crippen molar-refractivity contribution in [3.8, 4) is 0 Å². The Bertz CT molecular complexity index is 418. The van der Waals surface area contributed by atoms with E-state index in [9.17, 15) is 14.9 Å². The number of hydrogen-bond acceptors (Lipinski definition) is 4. The molecule has 1 N–H and O–H groups in total. The van der Waals surface area contributed by atoms with Gasteiger partial charge in [-0.25, -0.2) is 0 Å². The normalized spacial score (nSPS) is 9.76. The van der Waals surface area contributed by atoms with E-state index in [-0.39, 0.29) is 11.6 Å². The summed E-state index contributed by atoms with van der Waals surface area (Å²) in [6, 6.07) is 6.37. The monoisotopic (exact) mass is 237 g/mol. The van der Waals surface area contributed by atoms with Gasteiger partial charge in [-0.15, -0.1) is 0 Å². The molecule has 0 fully saturated rings. The summed E-state index contributed by atoms with van der Waals surface area (Å²) in [7, 11) is 3.35. The zero-order chi connectivity index (χ0) is 12.8. The van der Waals surface area contributed by atoms with Crippen LogP contribution in [0.2, 0.25) is 0 Å². The summed E-state index contributed by atoms with van der Waals surface area (Å²) in [4.78, 5) is 23.1. The first-order valence-electron chi connectivity index (χ1n) is 5.20. The fourth-order valence-electron chi connectivity index (χ4n) is 1.31. The summed E-state index contributed by atoms with van der Waals surface area (Å²) in [5, 5.41) is 13.6. The van der Waals surface area contributed by atoms with Gasteiger partial charge in [0.2, 0.25) is 5.91 Å². The van der Waals surface area contributed by atoms with Crippen molar-refractivity contribution in [2.24, 2.45) is 0 Å². The molecule has 1 aromatic carbocycles. The number of nitrogens with zero attached hydrogens (tertiary/aromatic N) is 2. The van der Waals surface area contributed by atoms with Crippen LogP contribution in [0.4, 0.5) is 11.4 Å². The highest BCUT2D eigenvalue weighted by atomic mass is 16.6. The number of carbonyl (C=O) groups excluding carboxylic acids is 1. The van der Waals surface area contributed by atoms with Crippen molar-refractivity contribution in [3.05, 3.63) is 34.4 Å². The smallest absolute Gasteiger partial charge is 0.292 e. The van der Waals surface area contributed by atoms with Crippen LogP contribution in [0.1, 0.15) is 6.42 Å². The fourth-order valence-corrected chi connectivity index (χ4v) is 1.31. The average Bonchev–Trinajstić information content (AvgIpc) is 2.29. The van der Waals surface area contributed by atoms with E-state index in [1.165, 1.54) is 11.0 Å². The molecule has 1 amide bonds. The fraction of sp³-hybridized carbons (Fsp3) is 0.364. The molecule has 6 nitrogen and oxygen atoms in total. The number of amides is 1. The number of benzene rings is 1. The van der Waals surface area contributed by atoms with E-state index in [4.69, 9.17) is 0 Å². The highest BCUT2D eigenvalue weighted by molar-refractivity contribution is 5.76. The van der Waals surface area contributed by atoms with Crippen LogP contribution in [-0.2, 0) is 4.79 Å². The van der Waals surface area contributed by atoms with E-state index in [2.05, 4.69) is 5.32 Å². The summed E-state index contributed by atoms with van der Waals surface area (Å²) in [5.41, 5.74) is 0.453. The molecule has 0 radical (unpaired) electrons. The first kappa shape index (κ1) is 13.0. The van der Waals surface area contributed by atoms with Gasteiger partial charge in [0.1, 0.15) is 5.69 Å². The van der Waals surface area contributed by atoms with Crippen molar-refractivity contribution in [2.75, 3.05) is 26.0 Å². The van der Waals surface area contributed by atoms with E-state index >= 15 is 0 Å². The predicted octanol–water partition coefficient (Wildman–Crippen LogP) is 1.48. The second-order valence-electron chi connectivity index (χ2n) is 3.74. The van der Waals surface area contributed by atoms with Crippen LogP contribution >= 0.6 is 0 Å². The van der Waals surface area contributed by atoms with Crippen LogP contribution in [0.5, 0.6) is 0 Å². The van der Waals surface area contributed by atoms with Crippen molar-refractivity contribution < 1.29 is 9.72 Å². The first-order chi connectivity index (χ1) is 8.02. The second kappa shape index (κ2) is 5.83. The van der Waals surface area contributed by atoms with Crippen molar-refractivity contribution in [1.82, 2.24) is 4.90 Å². The minimum atomic E-state index is -0.448. The van der Waals surface area contributed by atoms with Gasteiger partial charge in [-0.05, 0) is 6.07 Å². The molecule has 6 heteroatoms. The van der Waals surface area contributed by atoms with Crippen molar-refractivity contribution in [2.45, 2.75) is 6.42 Å². The molecule has 0 saturated carbocycles. The van der Waals surface area contributed by atoms with Gasteiger partial charge in [-0.2, -0.15) is 0 Å². The Labute approximate surface area is 99.4 Å². The molecule has 0 bridgehead atoms. The molecule has 0 aliphatic carbocycles. The van der Waals surface area contributed by atoms with E-state index < -0.39 is 4.92 Å². The average molecular weight is 237 g/mol. The lowest BCUT2D eigenvalue weighted by Crippen LogP contribution is -2.24. The molecular weight excluding hydrogens is 222 g/mol. The summed E-state index contributed by atoms with van der Waals surface area (Å²) in [6.45, 7) is 0.377. The molecule has 0 aliphatic heterocycles. The van der Waals surface area contributed by atoms with Crippen LogP contribution in [0.15, 0.2) is 24.3 Å². The number of nitro groups is 1. The number of nitrogens with one attached hydrogen (secondary N) is 1. The third-order valence-corrected chi connectivity index (χ3v) is 2.25. The number of para-hydroxylation sites is 2. The lowest BCUT2D eigenvalue weighted by Gasteiger charge is -2.11. The number of rotatable bonds is 5. The number of nitro benzene ring substituents is 1. The molecule has 0 spiro atoms. The SMILES string of the molecule is CN(C)C(=O)CCNc1ccccc1[N+](=O)[O-]. The van der Waals surface area contributed by atoms with Gasteiger partial charge in [0, 0.05) is 33.1 Å². The standard InChI is InChI=1S/C11H15N3O3/c1-13(2)11(15)7-8-12-9-5-3-4-6-10(9)14(16)17/h3-6,12H,7-8H2,1-2H3. The molecule has 0 atom stereocenters. The highest BCUT2D eigenvalue weighted by Gasteiger charge is 2.12. The van der Waals surface area contributed by atoms with Crippen LogP contribution in [0.3, 0.4) is 0 Å². The topological polar surface area (TPSA) is 75.5 Å². The summed E-state index contributed by atoms with van der Waals surface area (Å²) < 4.78 is 0. The van der Waals surface area contributed by atoms with Gasteiger partial charge in [0.15, 0.2) is 0 Å². The number of hydrogen-bond donors (Lipinski definition) is 1. The quantitative estimate of drug-likeness (QED) is 0.621. The maximum absolute atomic E-state index is 11.3. The maximum Gasteiger partial charge on any atom is 0.292 e. The third-order valence-electron chi connectivity index (χ3n) is 2.25. The van der Waals surface area contributed by atoms with E-state index in [1.807, 2.05) is 0 Å². The Morgan fingerprint density at radius 1 is 1.41 bits per heavy atom. The molecule has 0 saturated heterocycles. The zero-order valence-electron chi connectivity index (χ0n) is 9.84. The Morgan fingerprint density at radius 2 is 2.06 bits per heavy atom. The molecule has 1 rings (SSSR count). The van der Waals surface area contributed by atoms with Crippen molar-refractivity contribution in [1.29, 1.82) is 0 Å². The molecular formula is C11H15N3O3. The van der Waals surface area contributed by atoms with Crippen LogP contribution in [0, 0.1) is 10.1 Å². The van der Waals surface area contributed by atoms with Crippen molar-refractivity contribution in [3.63, 3.8) is 0 Å². The maximum atomic E-state index is 11.3. The number of carbonyl (C=O) groups is 1. The molecule has 0 unspecified atom stereocenters. The summed E-state index contributed by atoms with van der Waals surface area (Å²) in [5.74, 6) is -0.0175. The van der Waals surface area contributed by atoms with Gasteiger partial charge >= 0.3 is 0 Å². The van der Waals surface area contributed by atoms with Gasteiger partial charge in [0.05, 0.1) is 4.92 Å². The Hall–Kier alpha value is -2.11. The molecule has 0 aliphatic rings. The lowest BCUT2D eigenvalue weighted by atomic mass is 10.2. The van der Waals surface area contributed by atoms with E-state index in [0.717, 1.165) is 0 Å². The third kappa shape index (κ3) is 3.75. The molecule has 0 aromatic heterocycles. The molecule has 0 heterocycles. The van der Waals surface area contributed by atoms with E-state index in [1.54, 1.807) is 32.3 Å². The Kier molecular flexibility index (Phi) is 4.45. The van der Waals surface area contributed by atoms with E-state index in [0.29, 0.717) is 18.7 Å². The molecule has 17 heavy (non-hydrogen) atoms. The Morgan fingerprint density at radius 3 is 2.65 bits per heavy atom. The number of anilines is 1. The minimum Gasteiger partial charge on any atom is -0.379 e. The minimum absolute atomic E-state index is 0.0175. The van der Waals surface area contributed by atoms with Crippen LogP contribution < -0.4 is 5.32 Å².